The quantitative estimate of drug-likeness (QED) is 0.899. The molecule has 0 unspecified atom stereocenters. The third kappa shape index (κ3) is 1.58. The van der Waals surface area contributed by atoms with E-state index in [1.807, 2.05) is 0 Å². The van der Waals surface area contributed by atoms with Crippen molar-refractivity contribution >= 4 is 21.8 Å². The van der Waals surface area contributed by atoms with Crippen molar-refractivity contribution in [2.75, 3.05) is 13.1 Å². The van der Waals surface area contributed by atoms with Crippen molar-refractivity contribution in [3.05, 3.63) is 22.6 Å². The Bertz CT molecular complexity index is 432. The molecule has 0 radical (unpaired) electrons. The highest BCUT2D eigenvalue weighted by atomic mass is 79.9. The molecule has 16 heavy (non-hydrogen) atoms. The molecule has 2 fully saturated rings. The number of aliphatic hydroxyl groups is 1. The summed E-state index contributed by atoms with van der Waals surface area (Å²) in [7, 11) is 0. The first-order valence-electron chi connectivity index (χ1n) is 5.35. The molecular formula is C11H12BrNO3. The zero-order chi connectivity index (χ0) is 11.3. The summed E-state index contributed by atoms with van der Waals surface area (Å²) in [4.78, 5) is 13.5. The minimum absolute atomic E-state index is 0.143. The van der Waals surface area contributed by atoms with Crippen LogP contribution in [0.3, 0.4) is 0 Å². The summed E-state index contributed by atoms with van der Waals surface area (Å²) in [6, 6.07) is 3.33. The van der Waals surface area contributed by atoms with Crippen LogP contribution in [0.15, 0.2) is 21.2 Å². The maximum absolute atomic E-state index is 11.9. The fraction of sp³-hybridized carbons (Fsp3) is 0.545. The molecule has 1 amide bonds. The van der Waals surface area contributed by atoms with Crippen molar-refractivity contribution in [2.24, 2.45) is 5.92 Å². The fourth-order valence-electron chi connectivity index (χ4n) is 2.22. The first kappa shape index (κ1) is 10.4. The molecule has 1 aliphatic heterocycles. The molecule has 0 spiro atoms. The topological polar surface area (TPSA) is 53.7 Å². The first-order chi connectivity index (χ1) is 7.58. The zero-order valence-electron chi connectivity index (χ0n) is 8.65. The number of amides is 1. The summed E-state index contributed by atoms with van der Waals surface area (Å²) >= 11 is 3.16. The second kappa shape index (κ2) is 3.34. The maximum atomic E-state index is 11.9. The van der Waals surface area contributed by atoms with Crippen molar-refractivity contribution < 1.29 is 14.3 Å². The Kier molecular flexibility index (Phi) is 2.16. The number of carbonyl (C=O) groups is 1. The van der Waals surface area contributed by atoms with Crippen molar-refractivity contribution in [3.8, 4) is 0 Å². The van der Waals surface area contributed by atoms with Crippen LogP contribution in [0.2, 0.25) is 0 Å². The largest absolute Gasteiger partial charge is 0.444 e. The number of β-amino-alcohol motifs (C(OH)–C–C–N with tert-alkyl or cyclic N) is 1. The van der Waals surface area contributed by atoms with Crippen LogP contribution in [0.25, 0.3) is 0 Å². The summed E-state index contributed by atoms with van der Waals surface area (Å²) in [5, 5.41) is 10.1. The third-order valence-electron chi connectivity index (χ3n) is 3.34. The smallest absolute Gasteiger partial charge is 0.289 e. The van der Waals surface area contributed by atoms with E-state index in [-0.39, 0.29) is 5.91 Å². The Morgan fingerprint density at radius 2 is 2.19 bits per heavy atom. The third-order valence-corrected chi connectivity index (χ3v) is 3.76. The lowest BCUT2D eigenvalue weighted by Gasteiger charge is -2.46. The molecule has 0 bridgehead atoms. The number of hydrogen-bond donors (Lipinski definition) is 1. The van der Waals surface area contributed by atoms with E-state index in [4.69, 9.17) is 4.42 Å². The van der Waals surface area contributed by atoms with Gasteiger partial charge in [-0.3, -0.25) is 4.79 Å². The average Bonchev–Trinajstić information content (AvgIpc) is 2.96. The number of rotatable bonds is 2. The van der Waals surface area contributed by atoms with E-state index in [2.05, 4.69) is 15.9 Å². The van der Waals surface area contributed by atoms with E-state index in [0.29, 0.717) is 29.4 Å². The second-order valence-electron chi connectivity index (χ2n) is 4.64. The van der Waals surface area contributed by atoms with Gasteiger partial charge in [0.05, 0.1) is 13.1 Å². The molecule has 5 heteroatoms. The SMILES string of the molecule is O=C(c1ccc(Br)o1)N1CC(O)(C2CC2)C1. The average molecular weight is 286 g/mol. The minimum Gasteiger partial charge on any atom is -0.444 e. The molecule has 0 atom stereocenters. The Morgan fingerprint density at radius 1 is 1.50 bits per heavy atom. The van der Waals surface area contributed by atoms with Crippen LogP contribution >= 0.6 is 15.9 Å². The van der Waals surface area contributed by atoms with E-state index >= 15 is 0 Å². The molecule has 2 heterocycles. The van der Waals surface area contributed by atoms with Gasteiger partial charge >= 0.3 is 0 Å². The van der Waals surface area contributed by atoms with Gasteiger partial charge in [-0.1, -0.05) is 0 Å². The van der Waals surface area contributed by atoms with Gasteiger partial charge in [-0.05, 0) is 46.8 Å². The van der Waals surface area contributed by atoms with Crippen molar-refractivity contribution in [1.82, 2.24) is 4.90 Å². The van der Waals surface area contributed by atoms with Crippen LogP contribution in [0.4, 0.5) is 0 Å². The molecule has 1 saturated heterocycles. The van der Waals surface area contributed by atoms with Gasteiger partial charge < -0.3 is 14.4 Å². The number of nitrogens with zero attached hydrogens (tertiary/aromatic N) is 1. The molecule has 3 rings (SSSR count). The molecule has 4 nitrogen and oxygen atoms in total. The predicted molar refractivity (Wildman–Crippen MR) is 60.0 cm³/mol. The van der Waals surface area contributed by atoms with E-state index in [9.17, 15) is 9.90 Å². The monoisotopic (exact) mass is 285 g/mol. The van der Waals surface area contributed by atoms with E-state index in [0.717, 1.165) is 12.8 Å². The fourth-order valence-corrected chi connectivity index (χ4v) is 2.53. The van der Waals surface area contributed by atoms with Crippen LogP contribution in [0.5, 0.6) is 0 Å². The lowest BCUT2D eigenvalue weighted by Crippen LogP contribution is -2.64. The van der Waals surface area contributed by atoms with Gasteiger partial charge in [0.1, 0.15) is 5.60 Å². The lowest BCUT2D eigenvalue weighted by molar-refractivity contribution is -0.0965. The van der Waals surface area contributed by atoms with Gasteiger partial charge in [-0.15, -0.1) is 0 Å². The number of halogens is 1. The van der Waals surface area contributed by atoms with E-state index in [1.54, 1.807) is 17.0 Å². The van der Waals surface area contributed by atoms with Gasteiger partial charge in [0.25, 0.3) is 5.91 Å². The Balaban J connectivity index is 1.66. The van der Waals surface area contributed by atoms with Gasteiger partial charge in [0.2, 0.25) is 0 Å². The first-order valence-corrected chi connectivity index (χ1v) is 6.15. The van der Waals surface area contributed by atoms with Crippen LogP contribution in [-0.4, -0.2) is 34.6 Å². The van der Waals surface area contributed by atoms with Gasteiger partial charge in [0.15, 0.2) is 10.4 Å². The number of furan rings is 1. The molecule has 86 valence electrons. The van der Waals surface area contributed by atoms with Crippen molar-refractivity contribution in [1.29, 1.82) is 0 Å². The molecule has 0 aromatic carbocycles. The van der Waals surface area contributed by atoms with Gasteiger partial charge in [0, 0.05) is 0 Å². The summed E-state index contributed by atoms with van der Waals surface area (Å²) in [6.45, 7) is 0.879. The highest BCUT2D eigenvalue weighted by molar-refractivity contribution is 9.10. The van der Waals surface area contributed by atoms with Crippen LogP contribution in [0.1, 0.15) is 23.4 Å². The Morgan fingerprint density at radius 3 is 2.69 bits per heavy atom. The van der Waals surface area contributed by atoms with Crippen LogP contribution in [0, 0.1) is 5.92 Å². The molecular weight excluding hydrogens is 274 g/mol. The van der Waals surface area contributed by atoms with Crippen molar-refractivity contribution in [2.45, 2.75) is 18.4 Å². The summed E-state index contributed by atoms with van der Waals surface area (Å²) in [5.74, 6) is 0.584. The van der Waals surface area contributed by atoms with Crippen LogP contribution in [-0.2, 0) is 0 Å². The molecule has 2 aliphatic rings. The molecule has 1 N–H and O–H groups in total. The standard InChI is InChI=1S/C11H12BrNO3/c12-9-4-3-8(16-9)10(14)13-5-11(15,6-13)7-1-2-7/h3-4,7,15H,1-2,5-6H2. The second-order valence-corrected chi connectivity index (χ2v) is 5.42. The van der Waals surface area contributed by atoms with E-state index in [1.165, 1.54) is 0 Å². The number of hydrogen-bond acceptors (Lipinski definition) is 3. The van der Waals surface area contributed by atoms with Gasteiger partial charge in [-0.25, -0.2) is 0 Å². The molecule has 1 aromatic rings. The van der Waals surface area contributed by atoms with E-state index < -0.39 is 5.60 Å². The summed E-state index contributed by atoms with van der Waals surface area (Å²) < 4.78 is 5.74. The zero-order valence-corrected chi connectivity index (χ0v) is 10.2. The van der Waals surface area contributed by atoms with Crippen molar-refractivity contribution in [3.63, 3.8) is 0 Å². The lowest BCUT2D eigenvalue weighted by atomic mass is 9.88. The van der Waals surface area contributed by atoms with Gasteiger partial charge in [-0.2, -0.15) is 0 Å². The Labute approximate surface area is 101 Å². The highest BCUT2D eigenvalue weighted by Crippen LogP contribution is 2.44. The summed E-state index contributed by atoms with van der Waals surface area (Å²) in [6.07, 6.45) is 2.18. The minimum atomic E-state index is -0.626. The number of likely N-dealkylation sites (tertiary alicyclic amines) is 1. The molecule has 1 aromatic heterocycles. The predicted octanol–water partition coefficient (Wildman–Crippen LogP) is 1.64. The highest BCUT2D eigenvalue weighted by Gasteiger charge is 2.53. The van der Waals surface area contributed by atoms with Crippen LogP contribution < -0.4 is 0 Å². The number of carbonyl (C=O) groups excluding carboxylic acids is 1. The normalized spacial score (nSPS) is 23.0. The maximum Gasteiger partial charge on any atom is 0.289 e. The summed E-state index contributed by atoms with van der Waals surface area (Å²) in [5.41, 5.74) is -0.626. The molecule has 1 saturated carbocycles. The Hall–Kier alpha value is -0.810. The molecule has 1 aliphatic carbocycles.